The lowest BCUT2D eigenvalue weighted by Crippen LogP contribution is -2.02. The molecule has 0 amide bonds. The molecule has 0 radical (unpaired) electrons. The molecule has 0 saturated carbocycles. The summed E-state index contributed by atoms with van der Waals surface area (Å²) in [7, 11) is 0. The number of benzene rings is 4. The molecule has 0 fully saturated rings. The van der Waals surface area contributed by atoms with E-state index in [1.807, 2.05) is 13.1 Å². The molecule has 6 aromatic rings. The van der Waals surface area contributed by atoms with E-state index in [0.717, 1.165) is 27.6 Å². The highest BCUT2D eigenvalue weighted by Crippen LogP contribution is 2.38. The Morgan fingerprint density at radius 1 is 0.697 bits per heavy atom. The van der Waals surface area contributed by atoms with Crippen LogP contribution in [0.1, 0.15) is 5.01 Å². The van der Waals surface area contributed by atoms with Crippen molar-refractivity contribution in [2.24, 2.45) is 0 Å². The van der Waals surface area contributed by atoms with Crippen molar-refractivity contribution in [3.05, 3.63) is 114 Å². The van der Waals surface area contributed by atoms with Crippen molar-refractivity contribution < 1.29 is 0 Å². The van der Waals surface area contributed by atoms with Crippen LogP contribution in [0.3, 0.4) is 0 Å². The Morgan fingerprint density at radius 2 is 1.36 bits per heavy atom. The smallest absolute Gasteiger partial charge is 0.144 e. The second-order valence-electron chi connectivity index (χ2n) is 7.97. The number of hydrogen-bond donors (Lipinski definition) is 0. The van der Waals surface area contributed by atoms with Crippen LogP contribution in [0.4, 0.5) is 0 Å². The summed E-state index contributed by atoms with van der Waals surface area (Å²) in [5, 5.41) is 1.08. The molecule has 33 heavy (non-hydrogen) atoms. The quantitative estimate of drug-likeness (QED) is 0.278. The van der Waals surface area contributed by atoms with Crippen LogP contribution in [0, 0.1) is 6.92 Å². The van der Waals surface area contributed by atoms with Crippen molar-refractivity contribution in [1.82, 2.24) is 14.5 Å². The SMILES string of the molecule is Cc1nc2ccc(-c3nccn3-c3c(-c4ccccc4)cccc3-c3ccccc3)cc2s1. The summed E-state index contributed by atoms with van der Waals surface area (Å²) < 4.78 is 3.40. The minimum absolute atomic E-state index is 0.920. The maximum Gasteiger partial charge on any atom is 0.144 e. The van der Waals surface area contributed by atoms with Crippen molar-refractivity contribution in [3.63, 3.8) is 0 Å². The summed E-state index contributed by atoms with van der Waals surface area (Å²) >= 11 is 1.72. The summed E-state index contributed by atoms with van der Waals surface area (Å²) in [5.41, 5.74) is 7.95. The highest BCUT2D eigenvalue weighted by Gasteiger charge is 2.18. The van der Waals surface area contributed by atoms with Crippen molar-refractivity contribution in [1.29, 1.82) is 0 Å². The van der Waals surface area contributed by atoms with Gasteiger partial charge in [-0.05, 0) is 36.2 Å². The average molecular weight is 444 g/mol. The number of para-hydroxylation sites is 1. The summed E-state index contributed by atoms with van der Waals surface area (Å²) in [5.74, 6) is 0.920. The molecule has 4 heteroatoms. The van der Waals surface area contributed by atoms with Gasteiger partial charge >= 0.3 is 0 Å². The van der Waals surface area contributed by atoms with Crippen LogP contribution in [0.5, 0.6) is 0 Å². The number of rotatable bonds is 4. The van der Waals surface area contributed by atoms with Crippen LogP contribution in [0.25, 0.3) is 49.5 Å². The normalized spacial score (nSPS) is 11.2. The highest BCUT2D eigenvalue weighted by molar-refractivity contribution is 7.18. The summed E-state index contributed by atoms with van der Waals surface area (Å²) in [6, 6.07) is 34.0. The molecule has 0 bridgehead atoms. The molecule has 2 heterocycles. The first kappa shape index (κ1) is 19.6. The fraction of sp³-hybridized carbons (Fsp3) is 0.0345. The highest BCUT2D eigenvalue weighted by atomic mass is 32.1. The predicted octanol–water partition coefficient (Wildman–Crippen LogP) is 7.79. The van der Waals surface area contributed by atoms with Gasteiger partial charge in [0, 0.05) is 29.1 Å². The van der Waals surface area contributed by atoms with Gasteiger partial charge in [0.15, 0.2) is 0 Å². The van der Waals surface area contributed by atoms with Crippen LogP contribution < -0.4 is 0 Å². The van der Waals surface area contributed by atoms with Crippen molar-refractivity contribution in [2.45, 2.75) is 6.92 Å². The summed E-state index contributed by atoms with van der Waals surface area (Å²) in [4.78, 5) is 9.41. The van der Waals surface area contributed by atoms with Crippen LogP contribution in [-0.4, -0.2) is 14.5 Å². The molecule has 4 aromatic carbocycles. The molecule has 0 unspecified atom stereocenters. The van der Waals surface area contributed by atoms with E-state index in [2.05, 4.69) is 113 Å². The number of aromatic nitrogens is 3. The second kappa shape index (κ2) is 8.15. The standard InChI is InChI=1S/C29H21N3S/c1-20-31-26-16-15-23(19-27(26)33-20)29-30-17-18-32(29)28-24(21-9-4-2-5-10-21)13-8-14-25(28)22-11-6-3-7-12-22/h2-19H,1H3. The van der Waals surface area contributed by atoms with Gasteiger partial charge in [0.05, 0.1) is 20.9 Å². The Labute approximate surface area is 196 Å². The van der Waals surface area contributed by atoms with Gasteiger partial charge in [-0.1, -0.05) is 78.9 Å². The zero-order valence-electron chi connectivity index (χ0n) is 18.1. The molecule has 0 N–H and O–H groups in total. The number of imidazole rings is 1. The zero-order valence-corrected chi connectivity index (χ0v) is 19.0. The molecule has 0 aliphatic heterocycles. The summed E-state index contributed by atoms with van der Waals surface area (Å²) in [6.07, 6.45) is 3.94. The van der Waals surface area contributed by atoms with E-state index in [0.29, 0.717) is 0 Å². The third kappa shape index (κ3) is 3.55. The first-order valence-electron chi connectivity index (χ1n) is 10.9. The van der Waals surface area contributed by atoms with Crippen LogP contribution >= 0.6 is 11.3 Å². The van der Waals surface area contributed by atoms with Gasteiger partial charge in [-0.3, -0.25) is 4.57 Å². The van der Waals surface area contributed by atoms with Crippen LogP contribution in [0.15, 0.2) is 109 Å². The molecule has 6 rings (SSSR count). The lowest BCUT2D eigenvalue weighted by molar-refractivity contribution is 1.07. The molecule has 0 saturated heterocycles. The predicted molar refractivity (Wildman–Crippen MR) is 138 cm³/mol. The third-order valence-electron chi connectivity index (χ3n) is 5.84. The minimum atomic E-state index is 0.920. The second-order valence-corrected chi connectivity index (χ2v) is 9.20. The van der Waals surface area contributed by atoms with Gasteiger partial charge in [-0.15, -0.1) is 11.3 Å². The Kier molecular flexibility index (Phi) is 4.85. The Balaban J connectivity index is 1.62. The lowest BCUT2D eigenvalue weighted by Gasteiger charge is -2.18. The molecule has 0 aliphatic rings. The minimum Gasteiger partial charge on any atom is -0.299 e. The first-order valence-corrected chi connectivity index (χ1v) is 11.7. The van der Waals surface area contributed by atoms with Gasteiger partial charge in [0.2, 0.25) is 0 Å². The molecule has 2 aromatic heterocycles. The number of fused-ring (bicyclic) bond motifs is 1. The molecule has 0 aliphatic carbocycles. The number of aryl methyl sites for hydroxylation is 1. The zero-order chi connectivity index (χ0) is 22.2. The average Bonchev–Trinajstić information content (AvgIpc) is 3.50. The van der Waals surface area contributed by atoms with Crippen molar-refractivity contribution in [2.75, 3.05) is 0 Å². The molecule has 158 valence electrons. The van der Waals surface area contributed by atoms with E-state index < -0.39 is 0 Å². The van der Waals surface area contributed by atoms with Crippen LogP contribution in [-0.2, 0) is 0 Å². The maximum atomic E-state index is 4.79. The third-order valence-corrected chi connectivity index (χ3v) is 6.77. The fourth-order valence-electron chi connectivity index (χ4n) is 4.38. The lowest BCUT2D eigenvalue weighted by atomic mass is 9.95. The van der Waals surface area contributed by atoms with E-state index in [1.54, 1.807) is 11.3 Å². The Bertz CT molecular complexity index is 1510. The van der Waals surface area contributed by atoms with Crippen molar-refractivity contribution >= 4 is 21.6 Å². The van der Waals surface area contributed by atoms with E-state index in [4.69, 9.17) is 4.98 Å². The largest absolute Gasteiger partial charge is 0.299 e. The molecule has 0 spiro atoms. The molecular formula is C29H21N3S. The van der Waals surface area contributed by atoms with Crippen molar-refractivity contribution in [3.8, 4) is 39.3 Å². The van der Waals surface area contributed by atoms with E-state index in [9.17, 15) is 0 Å². The van der Waals surface area contributed by atoms with E-state index in [1.165, 1.54) is 27.0 Å². The molecule has 0 atom stereocenters. The topological polar surface area (TPSA) is 30.7 Å². The van der Waals surface area contributed by atoms with E-state index >= 15 is 0 Å². The van der Waals surface area contributed by atoms with E-state index in [-0.39, 0.29) is 0 Å². The molecule has 3 nitrogen and oxygen atoms in total. The maximum absolute atomic E-state index is 4.79. The van der Waals surface area contributed by atoms with Gasteiger partial charge in [-0.2, -0.15) is 0 Å². The Morgan fingerprint density at radius 3 is 2.03 bits per heavy atom. The van der Waals surface area contributed by atoms with Gasteiger partial charge < -0.3 is 0 Å². The number of hydrogen-bond acceptors (Lipinski definition) is 3. The summed E-state index contributed by atoms with van der Waals surface area (Å²) in [6.45, 7) is 2.05. The van der Waals surface area contributed by atoms with Gasteiger partial charge in [-0.25, -0.2) is 9.97 Å². The molecular weight excluding hydrogens is 422 g/mol. The fourth-order valence-corrected chi connectivity index (χ4v) is 5.25. The van der Waals surface area contributed by atoms with Crippen LogP contribution in [0.2, 0.25) is 0 Å². The van der Waals surface area contributed by atoms with Gasteiger partial charge in [0.25, 0.3) is 0 Å². The van der Waals surface area contributed by atoms with Gasteiger partial charge in [0.1, 0.15) is 5.82 Å². The monoisotopic (exact) mass is 443 g/mol. The number of thiazole rings is 1. The Hall–Kier alpha value is -4.02. The number of nitrogens with zero attached hydrogens (tertiary/aromatic N) is 3. The first-order chi connectivity index (χ1) is 16.3.